The Labute approximate surface area is 169 Å². The van der Waals surface area contributed by atoms with E-state index >= 15 is 0 Å². The SMILES string of the molecule is CCc1ccc(-c2nc(-c3cccc4c3CCN4CC(N)(CO)CO)no2)cc1. The molecule has 0 spiro atoms. The molecule has 7 heteroatoms. The van der Waals surface area contributed by atoms with Crippen LogP contribution in [-0.4, -0.2) is 52.2 Å². The maximum atomic E-state index is 9.53. The lowest BCUT2D eigenvalue weighted by atomic mass is 10.0. The van der Waals surface area contributed by atoms with Gasteiger partial charge in [0.2, 0.25) is 5.82 Å². The topological polar surface area (TPSA) is 109 Å². The number of hydrogen-bond donors (Lipinski definition) is 3. The van der Waals surface area contributed by atoms with Crippen molar-refractivity contribution in [3.63, 3.8) is 0 Å². The van der Waals surface area contributed by atoms with Crippen LogP contribution in [0.3, 0.4) is 0 Å². The van der Waals surface area contributed by atoms with Crippen molar-refractivity contribution in [2.24, 2.45) is 5.73 Å². The minimum absolute atomic E-state index is 0.278. The van der Waals surface area contributed by atoms with E-state index in [-0.39, 0.29) is 13.2 Å². The molecule has 4 rings (SSSR count). The molecule has 29 heavy (non-hydrogen) atoms. The van der Waals surface area contributed by atoms with E-state index in [4.69, 9.17) is 10.3 Å². The van der Waals surface area contributed by atoms with Gasteiger partial charge in [0.25, 0.3) is 5.89 Å². The Morgan fingerprint density at radius 1 is 1.14 bits per heavy atom. The van der Waals surface area contributed by atoms with Crippen LogP contribution in [0.1, 0.15) is 18.1 Å². The third-order valence-electron chi connectivity index (χ3n) is 5.54. The molecule has 1 aromatic heterocycles. The molecular formula is C22H26N4O3. The van der Waals surface area contributed by atoms with E-state index in [0.29, 0.717) is 18.3 Å². The molecule has 0 unspecified atom stereocenters. The summed E-state index contributed by atoms with van der Waals surface area (Å²) in [4.78, 5) is 6.71. The number of hydrogen-bond acceptors (Lipinski definition) is 7. The first kappa shape index (κ1) is 19.6. The molecule has 0 saturated heterocycles. The molecule has 152 valence electrons. The third-order valence-corrected chi connectivity index (χ3v) is 5.54. The van der Waals surface area contributed by atoms with Crippen LogP contribution in [0.25, 0.3) is 22.8 Å². The summed E-state index contributed by atoms with van der Waals surface area (Å²) in [5, 5.41) is 23.3. The Morgan fingerprint density at radius 2 is 1.90 bits per heavy atom. The van der Waals surface area contributed by atoms with Crippen molar-refractivity contribution in [2.45, 2.75) is 25.3 Å². The Kier molecular flexibility index (Phi) is 5.36. The number of nitrogens with zero attached hydrogens (tertiary/aromatic N) is 3. The summed E-state index contributed by atoms with van der Waals surface area (Å²) in [6.07, 6.45) is 1.80. The number of aliphatic hydroxyl groups is 2. The Morgan fingerprint density at radius 3 is 2.59 bits per heavy atom. The molecule has 0 radical (unpaired) electrons. The molecule has 2 heterocycles. The minimum Gasteiger partial charge on any atom is -0.394 e. The van der Waals surface area contributed by atoms with Crippen LogP contribution in [0, 0.1) is 0 Å². The van der Waals surface area contributed by atoms with Crippen molar-refractivity contribution in [3.05, 3.63) is 53.6 Å². The van der Waals surface area contributed by atoms with Gasteiger partial charge in [0.15, 0.2) is 0 Å². The van der Waals surface area contributed by atoms with Gasteiger partial charge in [-0.2, -0.15) is 4.98 Å². The lowest BCUT2D eigenvalue weighted by molar-refractivity contribution is 0.125. The van der Waals surface area contributed by atoms with Gasteiger partial charge in [-0.1, -0.05) is 36.3 Å². The first-order valence-electron chi connectivity index (χ1n) is 9.87. The third kappa shape index (κ3) is 3.76. The standard InChI is InChI=1S/C22H26N4O3/c1-2-15-6-8-16(9-7-15)21-24-20(25-29-21)18-4-3-5-19-17(18)10-11-26(19)12-22(23,13-27)14-28/h3-9,27-28H,2,10-14,23H2,1H3. The lowest BCUT2D eigenvalue weighted by Crippen LogP contribution is -2.55. The highest BCUT2D eigenvalue weighted by Gasteiger charge is 2.31. The number of anilines is 1. The van der Waals surface area contributed by atoms with Crippen LogP contribution in [0.2, 0.25) is 0 Å². The molecule has 1 aliphatic rings. The first-order chi connectivity index (χ1) is 14.1. The zero-order valence-electron chi connectivity index (χ0n) is 16.5. The summed E-state index contributed by atoms with van der Waals surface area (Å²) in [5.41, 5.74) is 10.3. The second-order valence-electron chi connectivity index (χ2n) is 7.63. The zero-order chi connectivity index (χ0) is 20.4. The van der Waals surface area contributed by atoms with Gasteiger partial charge >= 0.3 is 0 Å². The van der Waals surface area contributed by atoms with Gasteiger partial charge in [-0.25, -0.2) is 0 Å². The Bertz CT molecular complexity index is 980. The van der Waals surface area contributed by atoms with Crippen molar-refractivity contribution >= 4 is 5.69 Å². The quantitative estimate of drug-likeness (QED) is 0.562. The van der Waals surface area contributed by atoms with Gasteiger partial charge in [0.05, 0.1) is 18.8 Å². The normalized spacial score (nSPS) is 13.7. The largest absolute Gasteiger partial charge is 0.394 e. The fraction of sp³-hybridized carbons (Fsp3) is 0.364. The second kappa shape index (κ2) is 7.94. The van der Waals surface area contributed by atoms with Crippen LogP contribution in [0.15, 0.2) is 47.0 Å². The van der Waals surface area contributed by atoms with Gasteiger partial charge in [-0.05, 0) is 42.2 Å². The maximum absolute atomic E-state index is 9.53. The molecule has 7 nitrogen and oxygen atoms in total. The highest BCUT2D eigenvalue weighted by atomic mass is 16.5. The van der Waals surface area contributed by atoms with E-state index in [0.717, 1.165) is 41.8 Å². The van der Waals surface area contributed by atoms with Gasteiger partial charge in [0, 0.05) is 29.9 Å². The Balaban J connectivity index is 1.62. The fourth-order valence-corrected chi connectivity index (χ4v) is 3.74. The molecular weight excluding hydrogens is 368 g/mol. The van der Waals surface area contributed by atoms with E-state index in [9.17, 15) is 10.2 Å². The number of aliphatic hydroxyl groups excluding tert-OH is 2. The smallest absolute Gasteiger partial charge is 0.258 e. The van der Waals surface area contributed by atoms with Crippen LogP contribution < -0.4 is 10.6 Å². The van der Waals surface area contributed by atoms with Crippen molar-refractivity contribution in [1.29, 1.82) is 0 Å². The summed E-state index contributed by atoms with van der Waals surface area (Å²) in [7, 11) is 0. The number of aromatic nitrogens is 2. The van der Waals surface area contributed by atoms with E-state index in [1.165, 1.54) is 5.56 Å². The number of aryl methyl sites for hydroxylation is 1. The molecule has 0 aliphatic carbocycles. The number of fused-ring (bicyclic) bond motifs is 1. The molecule has 0 amide bonds. The van der Waals surface area contributed by atoms with Gasteiger partial charge in [-0.15, -0.1) is 0 Å². The summed E-state index contributed by atoms with van der Waals surface area (Å²) in [5.74, 6) is 1.05. The van der Waals surface area contributed by atoms with Crippen LogP contribution >= 0.6 is 0 Å². The number of nitrogens with two attached hydrogens (primary N) is 1. The average Bonchev–Trinajstić information content (AvgIpc) is 3.41. The van der Waals surface area contributed by atoms with Gasteiger partial charge < -0.3 is 25.4 Å². The minimum atomic E-state index is -1.04. The Hall–Kier alpha value is -2.74. The highest BCUT2D eigenvalue weighted by molar-refractivity contribution is 5.73. The average molecular weight is 394 g/mol. The first-order valence-corrected chi connectivity index (χ1v) is 9.87. The van der Waals surface area contributed by atoms with Crippen LogP contribution in [-0.2, 0) is 12.8 Å². The molecule has 0 saturated carbocycles. The molecule has 0 fully saturated rings. The second-order valence-corrected chi connectivity index (χ2v) is 7.63. The van der Waals surface area contributed by atoms with Crippen LogP contribution in [0.5, 0.6) is 0 Å². The summed E-state index contributed by atoms with van der Waals surface area (Å²) >= 11 is 0. The number of benzene rings is 2. The number of rotatable bonds is 7. The van der Waals surface area contributed by atoms with Crippen molar-refractivity contribution in [2.75, 3.05) is 31.2 Å². The molecule has 4 N–H and O–H groups in total. The highest BCUT2D eigenvalue weighted by Crippen LogP contribution is 2.36. The van der Waals surface area contributed by atoms with Crippen molar-refractivity contribution in [1.82, 2.24) is 10.1 Å². The predicted octanol–water partition coefficient (Wildman–Crippen LogP) is 2.01. The van der Waals surface area contributed by atoms with E-state index < -0.39 is 5.54 Å². The maximum Gasteiger partial charge on any atom is 0.258 e. The van der Waals surface area contributed by atoms with E-state index in [2.05, 4.69) is 34.1 Å². The van der Waals surface area contributed by atoms with Crippen molar-refractivity contribution < 1.29 is 14.7 Å². The van der Waals surface area contributed by atoms with E-state index in [1.54, 1.807) is 0 Å². The van der Waals surface area contributed by atoms with Crippen LogP contribution in [0.4, 0.5) is 5.69 Å². The monoisotopic (exact) mass is 394 g/mol. The van der Waals surface area contributed by atoms with E-state index in [1.807, 2.05) is 30.3 Å². The molecule has 2 aromatic carbocycles. The van der Waals surface area contributed by atoms with Gasteiger partial charge in [0.1, 0.15) is 0 Å². The zero-order valence-corrected chi connectivity index (χ0v) is 16.5. The van der Waals surface area contributed by atoms with Gasteiger partial charge in [-0.3, -0.25) is 0 Å². The molecule has 1 aliphatic heterocycles. The summed E-state index contributed by atoms with van der Waals surface area (Å²) in [6, 6.07) is 14.1. The van der Waals surface area contributed by atoms with Crippen molar-refractivity contribution in [3.8, 4) is 22.8 Å². The lowest BCUT2D eigenvalue weighted by Gasteiger charge is -2.31. The fourth-order valence-electron chi connectivity index (χ4n) is 3.74. The predicted molar refractivity (Wildman–Crippen MR) is 112 cm³/mol. The molecule has 3 aromatic rings. The molecule has 0 atom stereocenters. The summed E-state index contributed by atoms with van der Waals surface area (Å²) < 4.78 is 5.52. The summed E-state index contributed by atoms with van der Waals surface area (Å²) in [6.45, 7) is 2.70. The molecule has 0 bridgehead atoms.